The Labute approximate surface area is 197 Å². The predicted octanol–water partition coefficient (Wildman–Crippen LogP) is 5.03. The van der Waals surface area contributed by atoms with Gasteiger partial charge in [0.25, 0.3) is 5.91 Å². The average Bonchev–Trinajstić information content (AvgIpc) is 3.40. The monoisotopic (exact) mass is 448 g/mol. The topological polar surface area (TPSA) is 58.6 Å². The molecule has 2 aliphatic rings. The number of ether oxygens (including phenoxy) is 1. The maximum absolute atomic E-state index is 13.5. The van der Waals surface area contributed by atoms with E-state index in [1.807, 2.05) is 38.1 Å². The van der Waals surface area contributed by atoms with Gasteiger partial charge in [-0.1, -0.05) is 63.1 Å². The molecular weight excluding hydrogens is 412 g/mol. The van der Waals surface area contributed by atoms with E-state index in [1.165, 1.54) is 5.56 Å². The van der Waals surface area contributed by atoms with Crippen LogP contribution in [0.1, 0.15) is 75.1 Å². The second-order valence-electron chi connectivity index (χ2n) is 9.24. The molecule has 2 amide bonds. The van der Waals surface area contributed by atoms with E-state index in [0.717, 1.165) is 56.2 Å². The van der Waals surface area contributed by atoms with E-state index in [1.54, 1.807) is 0 Å². The van der Waals surface area contributed by atoms with Gasteiger partial charge in [0.2, 0.25) is 5.91 Å². The molecule has 0 bridgehead atoms. The first kappa shape index (κ1) is 23.3. The molecule has 4 rings (SSSR count). The van der Waals surface area contributed by atoms with Gasteiger partial charge < -0.3 is 15.0 Å². The summed E-state index contributed by atoms with van der Waals surface area (Å²) in [7, 11) is 0. The zero-order valence-corrected chi connectivity index (χ0v) is 19.9. The first-order valence-electron chi connectivity index (χ1n) is 12.5. The van der Waals surface area contributed by atoms with Crippen LogP contribution in [-0.4, -0.2) is 35.9 Å². The average molecular weight is 449 g/mol. The van der Waals surface area contributed by atoms with Crippen molar-refractivity contribution in [1.29, 1.82) is 0 Å². The Morgan fingerprint density at radius 2 is 1.85 bits per heavy atom. The molecule has 1 aliphatic carbocycles. The van der Waals surface area contributed by atoms with E-state index in [0.29, 0.717) is 18.7 Å². The van der Waals surface area contributed by atoms with Crippen molar-refractivity contribution in [2.75, 3.05) is 13.1 Å². The molecule has 33 heavy (non-hydrogen) atoms. The molecule has 1 fully saturated rings. The van der Waals surface area contributed by atoms with Crippen LogP contribution in [0.5, 0.6) is 5.75 Å². The Hall–Kier alpha value is -2.82. The summed E-state index contributed by atoms with van der Waals surface area (Å²) < 4.78 is 6.15. The van der Waals surface area contributed by atoms with Gasteiger partial charge in [0.15, 0.2) is 6.10 Å². The largest absolute Gasteiger partial charge is 0.481 e. The third-order valence-electron chi connectivity index (χ3n) is 6.94. The van der Waals surface area contributed by atoms with Crippen LogP contribution in [0.25, 0.3) is 0 Å². The number of benzene rings is 2. The van der Waals surface area contributed by atoms with Gasteiger partial charge in [-0.3, -0.25) is 9.59 Å². The van der Waals surface area contributed by atoms with Gasteiger partial charge in [-0.25, -0.2) is 0 Å². The van der Waals surface area contributed by atoms with Crippen LogP contribution in [-0.2, 0) is 16.0 Å². The maximum atomic E-state index is 13.5. The van der Waals surface area contributed by atoms with Gasteiger partial charge in [-0.05, 0) is 60.9 Å². The molecule has 0 saturated heterocycles. The molecule has 1 aliphatic heterocycles. The fourth-order valence-electron chi connectivity index (χ4n) is 5.15. The van der Waals surface area contributed by atoms with Crippen molar-refractivity contribution in [3.05, 3.63) is 65.2 Å². The van der Waals surface area contributed by atoms with Crippen LogP contribution in [0.2, 0.25) is 0 Å². The van der Waals surface area contributed by atoms with Gasteiger partial charge in [0, 0.05) is 19.0 Å². The highest BCUT2D eigenvalue weighted by atomic mass is 16.5. The first-order chi connectivity index (χ1) is 16.1. The second-order valence-corrected chi connectivity index (χ2v) is 9.24. The Bertz CT molecular complexity index is 953. The van der Waals surface area contributed by atoms with Crippen molar-refractivity contribution in [2.45, 2.75) is 70.9 Å². The Morgan fingerprint density at radius 1 is 1.09 bits per heavy atom. The number of nitrogens with zero attached hydrogens (tertiary/aromatic N) is 1. The molecule has 5 nitrogen and oxygen atoms in total. The fourth-order valence-corrected chi connectivity index (χ4v) is 5.15. The Balaban J connectivity index is 1.65. The van der Waals surface area contributed by atoms with E-state index < -0.39 is 6.10 Å². The second kappa shape index (κ2) is 10.9. The van der Waals surface area contributed by atoms with Crippen molar-refractivity contribution in [1.82, 2.24) is 10.2 Å². The molecule has 2 atom stereocenters. The molecule has 1 heterocycles. The van der Waals surface area contributed by atoms with Crippen LogP contribution in [0.15, 0.2) is 48.5 Å². The smallest absolute Gasteiger partial charge is 0.261 e. The normalized spacial score (nSPS) is 19.1. The van der Waals surface area contributed by atoms with E-state index in [-0.39, 0.29) is 23.8 Å². The molecular formula is C28H36N2O3. The van der Waals surface area contributed by atoms with Crippen LogP contribution < -0.4 is 10.1 Å². The van der Waals surface area contributed by atoms with Crippen molar-refractivity contribution in [3.8, 4) is 5.75 Å². The third-order valence-corrected chi connectivity index (χ3v) is 6.94. The third kappa shape index (κ3) is 5.23. The molecule has 0 spiro atoms. The van der Waals surface area contributed by atoms with Gasteiger partial charge in [-0.2, -0.15) is 0 Å². The first-order valence-corrected chi connectivity index (χ1v) is 12.5. The number of carbonyl (C=O) groups excluding carboxylic acids is 2. The minimum atomic E-state index is -0.524. The van der Waals surface area contributed by atoms with Crippen molar-refractivity contribution >= 4 is 11.8 Å². The molecule has 1 saturated carbocycles. The quantitative estimate of drug-likeness (QED) is 0.616. The minimum Gasteiger partial charge on any atom is -0.481 e. The maximum Gasteiger partial charge on any atom is 0.261 e. The summed E-state index contributed by atoms with van der Waals surface area (Å²) in [4.78, 5) is 28.1. The minimum absolute atomic E-state index is 0.0743. The van der Waals surface area contributed by atoms with Gasteiger partial charge >= 0.3 is 0 Å². The number of rotatable bonds is 8. The van der Waals surface area contributed by atoms with Gasteiger partial charge in [0.05, 0.1) is 6.04 Å². The predicted molar refractivity (Wildman–Crippen MR) is 130 cm³/mol. The standard InChI is InChI=1S/C28H36N2O3/c1-3-17-29-27(31)25(4-2)33-23-15-14-20-16-18-30(28(32)22-12-8-9-13-22)26(24(20)19-23)21-10-6-5-7-11-21/h5-7,10-11,14-15,19,22,25-26H,3-4,8-9,12-13,16-18H2,1-2H3,(H,29,31). The number of fused-ring (bicyclic) bond motifs is 1. The SMILES string of the molecule is CCCNC(=O)C(CC)Oc1ccc2c(c1)C(c1ccccc1)N(C(=O)C1CCCC1)CC2. The lowest BCUT2D eigenvalue weighted by atomic mass is 9.87. The molecule has 2 unspecified atom stereocenters. The summed E-state index contributed by atoms with van der Waals surface area (Å²) in [5.41, 5.74) is 3.48. The van der Waals surface area contributed by atoms with E-state index in [4.69, 9.17) is 4.74 Å². The van der Waals surface area contributed by atoms with E-state index in [2.05, 4.69) is 34.5 Å². The lowest BCUT2D eigenvalue weighted by Gasteiger charge is -2.39. The van der Waals surface area contributed by atoms with Crippen LogP contribution in [0.4, 0.5) is 0 Å². The van der Waals surface area contributed by atoms with E-state index in [9.17, 15) is 9.59 Å². The molecule has 0 aromatic heterocycles. The highest BCUT2D eigenvalue weighted by Crippen LogP contribution is 2.39. The molecule has 1 N–H and O–H groups in total. The fraction of sp³-hybridized carbons (Fsp3) is 0.500. The Kier molecular flexibility index (Phi) is 7.69. The van der Waals surface area contributed by atoms with Gasteiger partial charge in [-0.15, -0.1) is 0 Å². The van der Waals surface area contributed by atoms with Crippen molar-refractivity contribution in [3.63, 3.8) is 0 Å². The van der Waals surface area contributed by atoms with Crippen molar-refractivity contribution < 1.29 is 14.3 Å². The zero-order chi connectivity index (χ0) is 23.2. The lowest BCUT2D eigenvalue weighted by molar-refractivity contribution is -0.137. The van der Waals surface area contributed by atoms with Crippen LogP contribution in [0.3, 0.4) is 0 Å². The highest BCUT2D eigenvalue weighted by molar-refractivity contribution is 5.81. The summed E-state index contributed by atoms with van der Waals surface area (Å²) in [5.74, 6) is 1.03. The number of carbonyl (C=O) groups is 2. The summed E-state index contributed by atoms with van der Waals surface area (Å²) in [6, 6.07) is 16.3. The van der Waals surface area contributed by atoms with E-state index >= 15 is 0 Å². The summed E-state index contributed by atoms with van der Waals surface area (Å²) >= 11 is 0. The number of nitrogens with one attached hydrogen (secondary N) is 1. The molecule has 2 aromatic carbocycles. The summed E-state index contributed by atoms with van der Waals surface area (Å²) in [5, 5.41) is 2.94. The molecule has 0 radical (unpaired) electrons. The number of hydrogen-bond donors (Lipinski definition) is 1. The number of amides is 2. The lowest BCUT2D eigenvalue weighted by Crippen LogP contribution is -2.43. The van der Waals surface area contributed by atoms with Crippen LogP contribution >= 0.6 is 0 Å². The molecule has 176 valence electrons. The molecule has 2 aromatic rings. The number of hydrogen-bond acceptors (Lipinski definition) is 3. The zero-order valence-electron chi connectivity index (χ0n) is 19.9. The molecule has 5 heteroatoms. The van der Waals surface area contributed by atoms with Crippen molar-refractivity contribution in [2.24, 2.45) is 5.92 Å². The summed E-state index contributed by atoms with van der Waals surface area (Å²) in [6.45, 7) is 5.38. The Morgan fingerprint density at radius 3 is 2.55 bits per heavy atom. The van der Waals surface area contributed by atoms with Gasteiger partial charge in [0.1, 0.15) is 5.75 Å². The highest BCUT2D eigenvalue weighted by Gasteiger charge is 2.36. The van der Waals surface area contributed by atoms with Crippen LogP contribution in [0, 0.1) is 5.92 Å². The summed E-state index contributed by atoms with van der Waals surface area (Å²) in [6.07, 6.45) is 6.10.